The second-order valence-corrected chi connectivity index (χ2v) is 3.62. The summed E-state index contributed by atoms with van der Waals surface area (Å²) in [6.07, 6.45) is 4.77. The van der Waals surface area contributed by atoms with Crippen molar-refractivity contribution < 1.29 is 0 Å². The lowest BCUT2D eigenvalue weighted by Crippen LogP contribution is -2.25. The van der Waals surface area contributed by atoms with Crippen molar-refractivity contribution in [2.45, 2.75) is 32.7 Å². The molecule has 0 aromatic carbocycles. The van der Waals surface area contributed by atoms with Crippen molar-refractivity contribution in [3.63, 3.8) is 0 Å². The van der Waals surface area contributed by atoms with E-state index in [1.165, 1.54) is 0 Å². The van der Waals surface area contributed by atoms with Gasteiger partial charge in [0.25, 0.3) is 5.56 Å². The highest BCUT2D eigenvalue weighted by Gasteiger charge is 2.05. The average Bonchev–Trinajstić information content (AvgIpc) is 2.16. The van der Waals surface area contributed by atoms with Crippen LogP contribution in [-0.4, -0.2) is 16.1 Å². The summed E-state index contributed by atoms with van der Waals surface area (Å²) < 4.78 is 1.64. The molecule has 1 heterocycles. The second kappa shape index (κ2) is 4.91. The van der Waals surface area contributed by atoms with E-state index in [0.29, 0.717) is 6.54 Å². The molecule has 0 aliphatic heterocycles. The van der Waals surface area contributed by atoms with Crippen molar-refractivity contribution in [1.82, 2.24) is 9.55 Å². The van der Waals surface area contributed by atoms with Crippen LogP contribution < -0.4 is 11.3 Å². The maximum atomic E-state index is 11.8. The zero-order valence-corrected chi connectivity index (χ0v) is 8.73. The summed E-state index contributed by atoms with van der Waals surface area (Å²) in [7, 11) is 0. The van der Waals surface area contributed by atoms with E-state index in [2.05, 4.69) is 4.98 Å². The molecular formula is C10H17N3O. The van der Waals surface area contributed by atoms with E-state index in [9.17, 15) is 4.79 Å². The highest BCUT2D eigenvalue weighted by Crippen LogP contribution is 2.00. The summed E-state index contributed by atoms with van der Waals surface area (Å²) >= 11 is 0. The van der Waals surface area contributed by atoms with Crippen LogP contribution in [0.4, 0.5) is 0 Å². The van der Waals surface area contributed by atoms with Gasteiger partial charge in [-0.3, -0.25) is 9.36 Å². The van der Waals surface area contributed by atoms with Gasteiger partial charge in [0, 0.05) is 17.8 Å². The van der Waals surface area contributed by atoms with E-state index in [0.717, 1.165) is 18.4 Å². The Bertz CT molecular complexity index is 343. The maximum Gasteiger partial charge on any atom is 0.256 e. The summed E-state index contributed by atoms with van der Waals surface area (Å²) in [5.74, 6) is 0. The third kappa shape index (κ3) is 2.42. The molecule has 1 aromatic heterocycles. The summed E-state index contributed by atoms with van der Waals surface area (Å²) in [4.78, 5) is 15.8. The second-order valence-electron chi connectivity index (χ2n) is 3.62. The van der Waals surface area contributed by atoms with E-state index in [1.807, 2.05) is 13.8 Å². The highest BCUT2D eigenvalue weighted by molar-refractivity contribution is 5.05. The summed E-state index contributed by atoms with van der Waals surface area (Å²) in [5.41, 5.74) is 6.21. The Morgan fingerprint density at radius 1 is 1.57 bits per heavy atom. The number of hydrogen-bond acceptors (Lipinski definition) is 3. The standard InChI is InChI=1S/C10H17N3O/c1-8(2)13-7-12-6-9(10(13)14)4-3-5-11/h6-8H,3-5,11H2,1-2H3. The molecule has 0 unspecified atom stereocenters. The summed E-state index contributed by atoms with van der Waals surface area (Å²) in [6, 6.07) is 0.160. The lowest BCUT2D eigenvalue weighted by atomic mass is 10.2. The van der Waals surface area contributed by atoms with Gasteiger partial charge in [0.15, 0.2) is 0 Å². The SMILES string of the molecule is CC(C)n1cncc(CCCN)c1=O. The Hall–Kier alpha value is -1.16. The molecule has 0 amide bonds. The Morgan fingerprint density at radius 2 is 2.29 bits per heavy atom. The Kier molecular flexibility index (Phi) is 3.83. The van der Waals surface area contributed by atoms with Gasteiger partial charge in [-0.1, -0.05) is 0 Å². The van der Waals surface area contributed by atoms with Crippen molar-refractivity contribution in [3.8, 4) is 0 Å². The predicted octanol–water partition coefficient (Wildman–Crippen LogP) is 0.716. The monoisotopic (exact) mass is 195 g/mol. The number of nitrogens with zero attached hydrogens (tertiary/aromatic N) is 2. The van der Waals surface area contributed by atoms with Crippen LogP contribution in [0.5, 0.6) is 0 Å². The predicted molar refractivity (Wildman–Crippen MR) is 56.3 cm³/mol. The van der Waals surface area contributed by atoms with Crippen molar-refractivity contribution in [3.05, 3.63) is 28.4 Å². The topological polar surface area (TPSA) is 60.9 Å². The van der Waals surface area contributed by atoms with E-state index in [1.54, 1.807) is 17.1 Å². The number of rotatable bonds is 4. The molecule has 0 fully saturated rings. The summed E-state index contributed by atoms with van der Waals surface area (Å²) in [6.45, 7) is 4.54. The zero-order valence-electron chi connectivity index (χ0n) is 8.73. The first-order valence-electron chi connectivity index (χ1n) is 4.92. The van der Waals surface area contributed by atoms with Gasteiger partial charge in [-0.05, 0) is 33.2 Å². The molecular weight excluding hydrogens is 178 g/mol. The first-order valence-corrected chi connectivity index (χ1v) is 4.92. The van der Waals surface area contributed by atoms with Crippen molar-refractivity contribution >= 4 is 0 Å². The van der Waals surface area contributed by atoms with Crippen molar-refractivity contribution in [2.75, 3.05) is 6.54 Å². The molecule has 78 valence electrons. The lowest BCUT2D eigenvalue weighted by Gasteiger charge is -2.09. The molecule has 14 heavy (non-hydrogen) atoms. The molecule has 0 aliphatic carbocycles. The molecule has 0 atom stereocenters. The molecule has 2 N–H and O–H groups in total. The minimum Gasteiger partial charge on any atom is -0.330 e. The minimum atomic E-state index is 0.0588. The smallest absolute Gasteiger partial charge is 0.256 e. The van der Waals surface area contributed by atoms with Crippen LogP contribution in [0.3, 0.4) is 0 Å². The quantitative estimate of drug-likeness (QED) is 0.770. The third-order valence-corrected chi connectivity index (χ3v) is 2.14. The molecule has 0 aliphatic rings. The molecule has 0 radical (unpaired) electrons. The molecule has 1 rings (SSSR count). The molecule has 0 saturated heterocycles. The van der Waals surface area contributed by atoms with Crippen LogP contribution in [0, 0.1) is 0 Å². The van der Waals surface area contributed by atoms with Crippen molar-refractivity contribution in [2.24, 2.45) is 5.73 Å². The van der Waals surface area contributed by atoms with Crippen LogP contribution >= 0.6 is 0 Å². The first-order chi connectivity index (χ1) is 6.66. The normalized spacial score (nSPS) is 10.9. The van der Waals surface area contributed by atoms with E-state index >= 15 is 0 Å². The number of hydrogen-bond donors (Lipinski definition) is 1. The van der Waals surface area contributed by atoms with E-state index < -0.39 is 0 Å². The molecule has 4 heteroatoms. The zero-order chi connectivity index (χ0) is 10.6. The Balaban J connectivity index is 2.96. The molecule has 1 aromatic rings. The average molecular weight is 195 g/mol. The fraction of sp³-hybridized carbons (Fsp3) is 0.600. The van der Waals surface area contributed by atoms with Gasteiger partial charge in [-0.2, -0.15) is 0 Å². The largest absolute Gasteiger partial charge is 0.330 e. The van der Waals surface area contributed by atoms with E-state index in [4.69, 9.17) is 5.73 Å². The Morgan fingerprint density at radius 3 is 2.86 bits per heavy atom. The fourth-order valence-corrected chi connectivity index (χ4v) is 1.30. The van der Waals surface area contributed by atoms with Crippen LogP contribution in [0.2, 0.25) is 0 Å². The highest BCUT2D eigenvalue weighted by atomic mass is 16.1. The van der Waals surface area contributed by atoms with Gasteiger partial charge in [0.05, 0.1) is 6.33 Å². The van der Waals surface area contributed by atoms with Crippen LogP contribution in [-0.2, 0) is 6.42 Å². The number of aromatic nitrogens is 2. The fourth-order valence-electron chi connectivity index (χ4n) is 1.30. The Labute approximate surface area is 83.8 Å². The number of nitrogens with two attached hydrogens (primary N) is 1. The van der Waals surface area contributed by atoms with E-state index in [-0.39, 0.29) is 11.6 Å². The number of aryl methyl sites for hydroxylation is 1. The van der Waals surface area contributed by atoms with Gasteiger partial charge in [-0.15, -0.1) is 0 Å². The summed E-state index contributed by atoms with van der Waals surface area (Å²) in [5, 5.41) is 0. The van der Waals surface area contributed by atoms with Gasteiger partial charge < -0.3 is 5.73 Å². The third-order valence-electron chi connectivity index (χ3n) is 2.14. The van der Waals surface area contributed by atoms with Crippen LogP contribution in [0.1, 0.15) is 31.9 Å². The van der Waals surface area contributed by atoms with Crippen molar-refractivity contribution in [1.29, 1.82) is 0 Å². The molecule has 0 saturated carbocycles. The van der Waals surface area contributed by atoms with Crippen LogP contribution in [0.25, 0.3) is 0 Å². The maximum absolute atomic E-state index is 11.8. The lowest BCUT2D eigenvalue weighted by molar-refractivity contribution is 0.560. The van der Waals surface area contributed by atoms with Gasteiger partial charge in [-0.25, -0.2) is 4.98 Å². The minimum absolute atomic E-state index is 0.0588. The molecule has 0 spiro atoms. The molecule has 0 bridgehead atoms. The van der Waals surface area contributed by atoms with Gasteiger partial charge >= 0.3 is 0 Å². The van der Waals surface area contributed by atoms with Crippen LogP contribution in [0.15, 0.2) is 17.3 Å². The van der Waals surface area contributed by atoms with Gasteiger partial charge in [0.2, 0.25) is 0 Å². The van der Waals surface area contributed by atoms with Gasteiger partial charge in [0.1, 0.15) is 0 Å². The molecule has 4 nitrogen and oxygen atoms in total. The first kappa shape index (κ1) is 10.9.